The van der Waals surface area contributed by atoms with Gasteiger partial charge in [-0.2, -0.15) is 4.98 Å². The van der Waals surface area contributed by atoms with Gasteiger partial charge in [0.25, 0.3) is 0 Å². The van der Waals surface area contributed by atoms with Crippen molar-refractivity contribution in [2.45, 2.75) is 19.9 Å². The molecule has 0 N–H and O–H groups in total. The molecular formula is C12H19Br2N3O2. The lowest BCUT2D eigenvalue weighted by molar-refractivity contribution is 0.155. The van der Waals surface area contributed by atoms with Crippen molar-refractivity contribution in [2.75, 3.05) is 37.1 Å². The van der Waals surface area contributed by atoms with Crippen LogP contribution in [0, 0.1) is 0 Å². The minimum atomic E-state index is 0.290. The normalized spacial score (nSPS) is 10.8. The summed E-state index contributed by atoms with van der Waals surface area (Å²) in [5, 5.41) is 0.845. The zero-order valence-corrected chi connectivity index (χ0v) is 14.6. The van der Waals surface area contributed by atoms with Crippen molar-refractivity contribution >= 4 is 37.8 Å². The highest BCUT2D eigenvalue weighted by atomic mass is 79.9. The van der Waals surface area contributed by atoms with Crippen LogP contribution >= 0.6 is 31.9 Å². The van der Waals surface area contributed by atoms with Crippen LogP contribution < -0.4 is 9.64 Å². The molecule has 1 rings (SSSR count). The first-order valence-corrected chi connectivity index (χ1v) is 7.98. The highest BCUT2D eigenvalue weighted by Gasteiger charge is 2.15. The van der Waals surface area contributed by atoms with Crippen molar-refractivity contribution in [3.05, 3.63) is 10.7 Å². The van der Waals surface area contributed by atoms with Gasteiger partial charge in [-0.3, -0.25) is 0 Å². The molecule has 7 heteroatoms. The van der Waals surface area contributed by atoms with E-state index in [0.717, 1.165) is 16.3 Å². The molecule has 0 atom stereocenters. The van der Waals surface area contributed by atoms with E-state index in [1.54, 1.807) is 13.3 Å². The number of anilines is 1. The summed E-state index contributed by atoms with van der Waals surface area (Å²) in [5.41, 5.74) is 0. The second kappa shape index (κ2) is 8.71. The van der Waals surface area contributed by atoms with Gasteiger partial charge < -0.3 is 14.4 Å². The van der Waals surface area contributed by atoms with E-state index in [1.807, 2.05) is 0 Å². The van der Waals surface area contributed by atoms with Gasteiger partial charge in [-0.25, -0.2) is 4.98 Å². The smallest absolute Gasteiger partial charge is 0.232 e. The molecule has 0 aliphatic rings. The molecule has 0 aliphatic heterocycles. The maximum Gasteiger partial charge on any atom is 0.232 e. The fourth-order valence-corrected chi connectivity index (χ4v) is 2.11. The van der Waals surface area contributed by atoms with E-state index >= 15 is 0 Å². The summed E-state index contributed by atoms with van der Waals surface area (Å²) in [6.45, 7) is 6.29. The number of ether oxygens (including phenoxy) is 2. The molecule has 0 bridgehead atoms. The maximum absolute atomic E-state index is 5.48. The molecule has 0 spiro atoms. The zero-order chi connectivity index (χ0) is 14.3. The van der Waals surface area contributed by atoms with Crippen molar-refractivity contribution < 1.29 is 9.47 Å². The summed E-state index contributed by atoms with van der Waals surface area (Å²) >= 11 is 6.68. The highest BCUT2D eigenvalue weighted by Crippen LogP contribution is 2.24. The third-order valence-electron chi connectivity index (χ3n) is 2.47. The second-order valence-corrected chi connectivity index (χ2v) is 5.76. The largest absolute Gasteiger partial charge is 0.480 e. The highest BCUT2D eigenvalue weighted by molar-refractivity contribution is 9.10. The van der Waals surface area contributed by atoms with Crippen LogP contribution in [0.25, 0.3) is 0 Å². The number of hydrogen-bond acceptors (Lipinski definition) is 5. The summed E-state index contributed by atoms with van der Waals surface area (Å²) in [6, 6.07) is 0.290. The summed E-state index contributed by atoms with van der Waals surface area (Å²) in [4.78, 5) is 10.8. The molecule has 0 fully saturated rings. The van der Waals surface area contributed by atoms with Crippen LogP contribution in [0.2, 0.25) is 0 Å². The standard InChI is InChI=1S/C12H19Br2N3O2/c1-9(2)17(5-7-19-6-4-13)12-15-8-10(14)11(16-12)18-3/h8-9H,4-7H2,1-3H3. The van der Waals surface area contributed by atoms with Crippen molar-refractivity contribution in [2.24, 2.45) is 0 Å². The molecule has 0 aliphatic carbocycles. The van der Waals surface area contributed by atoms with Gasteiger partial charge in [0.05, 0.1) is 31.0 Å². The molecule has 5 nitrogen and oxygen atoms in total. The summed E-state index contributed by atoms with van der Waals surface area (Å²) < 4.78 is 11.4. The Kier molecular flexibility index (Phi) is 7.63. The zero-order valence-electron chi connectivity index (χ0n) is 11.4. The predicted molar refractivity (Wildman–Crippen MR) is 83.4 cm³/mol. The van der Waals surface area contributed by atoms with E-state index in [9.17, 15) is 0 Å². The van der Waals surface area contributed by atoms with Crippen molar-refractivity contribution in [3.8, 4) is 5.88 Å². The number of methoxy groups -OCH3 is 1. The van der Waals surface area contributed by atoms with Crippen LogP contribution in [-0.2, 0) is 4.74 Å². The number of hydrogen-bond donors (Lipinski definition) is 0. The number of nitrogens with zero attached hydrogens (tertiary/aromatic N) is 3. The molecule has 0 aromatic carbocycles. The summed E-state index contributed by atoms with van der Waals surface area (Å²) in [6.07, 6.45) is 1.70. The quantitative estimate of drug-likeness (QED) is 0.499. The van der Waals surface area contributed by atoms with Gasteiger partial charge in [0.2, 0.25) is 11.8 Å². The van der Waals surface area contributed by atoms with Crippen LogP contribution in [0.1, 0.15) is 13.8 Å². The minimum absolute atomic E-state index is 0.290. The predicted octanol–water partition coefficient (Wildman–Crippen LogP) is 2.87. The van der Waals surface area contributed by atoms with E-state index < -0.39 is 0 Å². The Morgan fingerprint density at radius 1 is 1.37 bits per heavy atom. The van der Waals surface area contributed by atoms with Crippen LogP contribution in [0.4, 0.5) is 5.95 Å². The van der Waals surface area contributed by atoms with Gasteiger partial charge in [0, 0.05) is 17.9 Å². The molecule has 1 heterocycles. The van der Waals surface area contributed by atoms with Gasteiger partial charge in [-0.05, 0) is 29.8 Å². The van der Waals surface area contributed by atoms with Gasteiger partial charge in [-0.15, -0.1) is 0 Å². The third kappa shape index (κ3) is 5.24. The molecule has 0 saturated heterocycles. The van der Waals surface area contributed by atoms with E-state index in [-0.39, 0.29) is 0 Å². The minimum Gasteiger partial charge on any atom is -0.480 e. The van der Waals surface area contributed by atoms with E-state index in [2.05, 4.69) is 60.6 Å². The Hall–Kier alpha value is -0.400. The molecule has 1 aromatic rings. The van der Waals surface area contributed by atoms with E-state index in [4.69, 9.17) is 9.47 Å². The number of halogens is 2. The SMILES string of the molecule is COc1nc(N(CCOCCBr)C(C)C)ncc1Br. The molecule has 0 unspecified atom stereocenters. The van der Waals surface area contributed by atoms with Gasteiger partial charge in [0.15, 0.2) is 0 Å². The van der Waals surface area contributed by atoms with Crippen LogP contribution in [-0.4, -0.2) is 48.2 Å². The van der Waals surface area contributed by atoms with Crippen molar-refractivity contribution in [3.63, 3.8) is 0 Å². The molecule has 1 aromatic heterocycles. The fraction of sp³-hybridized carbons (Fsp3) is 0.667. The maximum atomic E-state index is 5.48. The Labute approximate surface area is 131 Å². The average Bonchev–Trinajstić information content (AvgIpc) is 2.39. The lowest BCUT2D eigenvalue weighted by Gasteiger charge is -2.26. The number of alkyl halides is 1. The first kappa shape index (κ1) is 16.7. The van der Waals surface area contributed by atoms with E-state index in [0.29, 0.717) is 31.1 Å². The number of aromatic nitrogens is 2. The summed E-state index contributed by atoms with van der Waals surface area (Å²) in [5.74, 6) is 1.19. The molecule has 19 heavy (non-hydrogen) atoms. The summed E-state index contributed by atoms with van der Waals surface area (Å²) in [7, 11) is 1.59. The van der Waals surface area contributed by atoms with E-state index in [1.165, 1.54) is 0 Å². The van der Waals surface area contributed by atoms with Crippen LogP contribution in [0.5, 0.6) is 5.88 Å². The average molecular weight is 397 g/mol. The van der Waals surface area contributed by atoms with Gasteiger partial charge in [-0.1, -0.05) is 15.9 Å². The molecule has 0 amide bonds. The number of rotatable bonds is 8. The molecular weight excluding hydrogens is 378 g/mol. The van der Waals surface area contributed by atoms with Gasteiger partial charge in [0.1, 0.15) is 0 Å². The van der Waals surface area contributed by atoms with Crippen LogP contribution in [0.3, 0.4) is 0 Å². The first-order chi connectivity index (χ1) is 9.10. The van der Waals surface area contributed by atoms with Crippen molar-refractivity contribution in [1.82, 2.24) is 9.97 Å². The Bertz CT molecular complexity index is 391. The molecule has 0 radical (unpaired) electrons. The molecule has 0 saturated carbocycles. The monoisotopic (exact) mass is 395 g/mol. The lowest BCUT2D eigenvalue weighted by Crippen LogP contribution is -2.35. The first-order valence-electron chi connectivity index (χ1n) is 6.07. The second-order valence-electron chi connectivity index (χ2n) is 4.12. The topological polar surface area (TPSA) is 47.5 Å². The Morgan fingerprint density at radius 2 is 2.11 bits per heavy atom. The fourth-order valence-electron chi connectivity index (χ4n) is 1.53. The van der Waals surface area contributed by atoms with Crippen molar-refractivity contribution in [1.29, 1.82) is 0 Å². The molecule has 108 valence electrons. The van der Waals surface area contributed by atoms with Crippen LogP contribution in [0.15, 0.2) is 10.7 Å². The lowest BCUT2D eigenvalue weighted by atomic mass is 10.3. The Morgan fingerprint density at radius 3 is 2.68 bits per heavy atom. The van der Waals surface area contributed by atoms with Gasteiger partial charge >= 0.3 is 0 Å². The Balaban J connectivity index is 2.75. The third-order valence-corrected chi connectivity index (χ3v) is 3.34.